The standard InChI is InChI=1S/C20H40.H3N/c1-4-5-6-10-13-16-19-17-14-11-8-7-9-12-15-18-20(19,2)3;/h19H,4-18H2,1-3H3;1H3. The molecule has 1 aliphatic rings. The van der Waals surface area contributed by atoms with Crippen molar-refractivity contribution < 1.29 is 0 Å². The van der Waals surface area contributed by atoms with Gasteiger partial charge in [0.25, 0.3) is 0 Å². The molecule has 1 saturated carbocycles. The van der Waals surface area contributed by atoms with Gasteiger partial charge in [-0.3, -0.25) is 0 Å². The van der Waals surface area contributed by atoms with Gasteiger partial charge in [-0.1, -0.05) is 97.8 Å². The summed E-state index contributed by atoms with van der Waals surface area (Å²) in [4.78, 5) is 0. The van der Waals surface area contributed by atoms with Crippen molar-refractivity contribution >= 4 is 0 Å². The van der Waals surface area contributed by atoms with Crippen molar-refractivity contribution in [2.45, 2.75) is 117 Å². The molecule has 1 aliphatic carbocycles. The van der Waals surface area contributed by atoms with Crippen LogP contribution in [0.15, 0.2) is 0 Å². The second-order valence-electron chi connectivity index (χ2n) is 7.90. The highest BCUT2D eigenvalue weighted by atomic mass is 14.3. The van der Waals surface area contributed by atoms with E-state index < -0.39 is 0 Å². The molecule has 0 aromatic heterocycles. The molecule has 1 atom stereocenters. The first kappa shape index (κ1) is 21.0. The average molecular weight is 298 g/mol. The van der Waals surface area contributed by atoms with Crippen LogP contribution < -0.4 is 6.15 Å². The number of rotatable bonds is 6. The van der Waals surface area contributed by atoms with E-state index in [4.69, 9.17) is 0 Å². The Bertz CT molecular complexity index is 222. The lowest BCUT2D eigenvalue weighted by atomic mass is 9.71. The van der Waals surface area contributed by atoms with E-state index in [9.17, 15) is 0 Å². The summed E-state index contributed by atoms with van der Waals surface area (Å²) in [6.07, 6.45) is 22.1. The van der Waals surface area contributed by atoms with Crippen LogP contribution in [0.2, 0.25) is 0 Å². The summed E-state index contributed by atoms with van der Waals surface area (Å²) in [5.74, 6) is 0.988. The number of unbranched alkanes of at least 4 members (excludes halogenated alkanes) is 4. The molecule has 1 rings (SSSR count). The summed E-state index contributed by atoms with van der Waals surface area (Å²) in [5, 5.41) is 0. The van der Waals surface area contributed by atoms with Crippen LogP contribution in [0, 0.1) is 11.3 Å². The predicted molar refractivity (Wildman–Crippen MR) is 97.2 cm³/mol. The molecule has 0 aliphatic heterocycles. The molecule has 0 saturated heterocycles. The van der Waals surface area contributed by atoms with Gasteiger partial charge in [0.1, 0.15) is 0 Å². The summed E-state index contributed by atoms with van der Waals surface area (Å²) in [5.41, 5.74) is 0.592. The summed E-state index contributed by atoms with van der Waals surface area (Å²) >= 11 is 0. The van der Waals surface area contributed by atoms with E-state index in [1.807, 2.05) is 0 Å². The highest BCUT2D eigenvalue weighted by Gasteiger charge is 2.28. The van der Waals surface area contributed by atoms with Crippen molar-refractivity contribution in [2.75, 3.05) is 0 Å². The monoisotopic (exact) mass is 297 g/mol. The first-order valence-corrected chi connectivity index (χ1v) is 9.67. The minimum atomic E-state index is 0. The molecule has 128 valence electrons. The molecular formula is C20H43N. The SMILES string of the molecule is CCCCCCCC1CCCCCCCCCC1(C)C.N. The molecule has 1 heteroatoms. The topological polar surface area (TPSA) is 35.0 Å². The summed E-state index contributed by atoms with van der Waals surface area (Å²) < 4.78 is 0. The van der Waals surface area contributed by atoms with Crippen molar-refractivity contribution in [3.8, 4) is 0 Å². The Morgan fingerprint density at radius 3 is 2.00 bits per heavy atom. The molecule has 1 nitrogen and oxygen atoms in total. The van der Waals surface area contributed by atoms with Crippen LogP contribution in [0.1, 0.15) is 117 Å². The Kier molecular flexibility index (Phi) is 12.5. The molecule has 3 N–H and O–H groups in total. The number of hydrogen-bond donors (Lipinski definition) is 1. The van der Waals surface area contributed by atoms with Gasteiger partial charge in [-0.2, -0.15) is 0 Å². The van der Waals surface area contributed by atoms with Gasteiger partial charge in [-0.25, -0.2) is 0 Å². The maximum atomic E-state index is 2.56. The van der Waals surface area contributed by atoms with Crippen molar-refractivity contribution in [1.82, 2.24) is 6.15 Å². The average Bonchev–Trinajstić information content (AvgIpc) is 2.45. The highest BCUT2D eigenvalue weighted by Crippen LogP contribution is 2.40. The van der Waals surface area contributed by atoms with Crippen LogP contribution in [0.4, 0.5) is 0 Å². The van der Waals surface area contributed by atoms with E-state index in [2.05, 4.69) is 20.8 Å². The first-order valence-electron chi connectivity index (χ1n) is 9.67. The minimum absolute atomic E-state index is 0. The Hall–Kier alpha value is -0.0400. The molecule has 1 unspecified atom stereocenters. The quantitative estimate of drug-likeness (QED) is 0.501. The molecule has 0 heterocycles. The Balaban J connectivity index is 0.00000400. The van der Waals surface area contributed by atoms with Crippen LogP contribution in [-0.4, -0.2) is 0 Å². The van der Waals surface area contributed by atoms with Gasteiger partial charge in [0.2, 0.25) is 0 Å². The lowest BCUT2D eigenvalue weighted by molar-refractivity contribution is 0.160. The first-order chi connectivity index (χ1) is 9.67. The second kappa shape index (κ2) is 12.5. The zero-order valence-corrected chi connectivity index (χ0v) is 15.4. The molecule has 0 aromatic rings. The molecule has 0 aromatic carbocycles. The minimum Gasteiger partial charge on any atom is -0.344 e. The maximum Gasteiger partial charge on any atom is -0.0326 e. The Morgan fingerprint density at radius 2 is 1.33 bits per heavy atom. The number of hydrogen-bond acceptors (Lipinski definition) is 1. The van der Waals surface area contributed by atoms with Gasteiger partial charge in [-0.05, 0) is 30.6 Å². The third-order valence-electron chi connectivity index (χ3n) is 5.64. The summed E-state index contributed by atoms with van der Waals surface area (Å²) in [6.45, 7) is 7.43. The largest absolute Gasteiger partial charge is 0.344 e. The zero-order chi connectivity index (χ0) is 14.7. The summed E-state index contributed by atoms with van der Waals surface area (Å²) in [7, 11) is 0. The smallest absolute Gasteiger partial charge is 0.0326 e. The van der Waals surface area contributed by atoms with Crippen molar-refractivity contribution in [2.24, 2.45) is 11.3 Å². The molecule has 0 bridgehead atoms. The van der Waals surface area contributed by atoms with Gasteiger partial charge in [0.15, 0.2) is 0 Å². The maximum absolute atomic E-state index is 2.56. The van der Waals surface area contributed by atoms with E-state index in [0.717, 1.165) is 5.92 Å². The fourth-order valence-corrected chi connectivity index (χ4v) is 3.98. The van der Waals surface area contributed by atoms with E-state index in [-0.39, 0.29) is 6.15 Å². The van der Waals surface area contributed by atoms with Crippen LogP contribution in [0.25, 0.3) is 0 Å². The fraction of sp³-hybridized carbons (Fsp3) is 1.00. The molecular weight excluding hydrogens is 254 g/mol. The van der Waals surface area contributed by atoms with Crippen molar-refractivity contribution in [3.63, 3.8) is 0 Å². The van der Waals surface area contributed by atoms with E-state index in [1.54, 1.807) is 0 Å². The normalized spacial score (nSPS) is 23.9. The molecule has 21 heavy (non-hydrogen) atoms. The van der Waals surface area contributed by atoms with E-state index in [1.165, 1.54) is 96.3 Å². The van der Waals surface area contributed by atoms with Gasteiger partial charge in [0.05, 0.1) is 0 Å². The highest BCUT2D eigenvalue weighted by molar-refractivity contribution is 4.79. The predicted octanol–water partition coefficient (Wildman–Crippen LogP) is 7.68. The molecule has 1 fully saturated rings. The van der Waals surface area contributed by atoms with Gasteiger partial charge in [-0.15, -0.1) is 0 Å². The van der Waals surface area contributed by atoms with Crippen LogP contribution in [0.5, 0.6) is 0 Å². The van der Waals surface area contributed by atoms with Gasteiger partial charge in [0, 0.05) is 0 Å². The lowest BCUT2D eigenvalue weighted by Gasteiger charge is -2.35. The Labute approximate surface area is 135 Å². The van der Waals surface area contributed by atoms with Crippen molar-refractivity contribution in [3.05, 3.63) is 0 Å². The molecule has 0 radical (unpaired) electrons. The van der Waals surface area contributed by atoms with Crippen molar-refractivity contribution in [1.29, 1.82) is 0 Å². The van der Waals surface area contributed by atoms with Crippen LogP contribution >= 0.6 is 0 Å². The third kappa shape index (κ3) is 9.55. The fourth-order valence-electron chi connectivity index (χ4n) is 3.98. The van der Waals surface area contributed by atoms with Gasteiger partial charge >= 0.3 is 0 Å². The summed E-state index contributed by atoms with van der Waals surface area (Å²) in [6, 6.07) is 0. The van der Waals surface area contributed by atoms with Crippen LogP contribution in [0.3, 0.4) is 0 Å². The van der Waals surface area contributed by atoms with E-state index >= 15 is 0 Å². The van der Waals surface area contributed by atoms with E-state index in [0.29, 0.717) is 5.41 Å². The molecule has 0 amide bonds. The molecule has 0 spiro atoms. The second-order valence-corrected chi connectivity index (χ2v) is 7.90. The zero-order valence-electron chi connectivity index (χ0n) is 15.4. The van der Waals surface area contributed by atoms with Crippen LogP contribution in [-0.2, 0) is 0 Å². The third-order valence-corrected chi connectivity index (χ3v) is 5.64. The Morgan fingerprint density at radius 1 is 0.762 bits per heavy atom. The lowest BCUT2D eigenvalue weighted by Crippen LogP contribution is -2.24. The van der Waals surface area contributed by atoms with Gasteiger partial charge < -0.3 is 6.15 Å².